The summed E-state index contributed by atoms with van der Waals surface area (Å²) in [5.41, 5.74) is -0.0457. The molecule has 1 heterocycles. The Morgan fingerprint density at radius 1 is 0.792 bits per heavy atom. The Bertz CT molecular complexity index is 1540. The van der Waals surface area contributed by atoms with Gasteiger partial charge in [-0.3, -0.25) is 14.4 Å². The summed E-state index contributed by atoms with van der Waals surface area (Å²) in [5.74, 6) is -4.02. The number of Topliss-reactive ketones (excluding diaryl/α,β-unsaturated/α-hetero) is 1. The van der Waals surface area contributed by atoms with Gasteiger partial charge >= 0.3 is 29.0 Å². The van der Waals surface area contributed by atoms with E-state index in [0.29, 0.717) is 5.56 Å². The molecule has 0 atom stereocenters. The monoisotopic (exact) mass is 742 g/mol. The molecule has 1 saturated heterocycles. The molecule has 1 fully saturated rings. The van der Waals surface area contributed by atoms with Gasteiger partial charge in [-0.05, 0) is 38.0 Å². The Kier molecular flexibility index (Phi) is 28.2. The van der Waals surface area contributed by atoms with Gasteiger partial charge in [-0.2, -0.15) is 0 Å². The van der Waals surface area contributed by atoms with E-state index in [9.17, 15) is 27.6 Å². The Labute approximate surface area is 305 Å². The molecule has 4 rings (SSSR count). The zero-order valence-electron chi connectivity index (χ0n) is 26.0. The van der Waals surface area contributed by atoms with Gasteiger partial charge in [-0.15, -0.1) is 0 Å². The largest absolute Gasteiger partial charge is 2.00 e. The fraction of sp³-hybridized carbons (Fsp3) is 0.242. The third kappa shape index (κ3) is 17.0. The minimum absolute atomic E-state index is 0. The van der Waals surface area contributed by atoms with Crippen molar-refractivity contribution in [2.45, 2.75) is 27.2 Å². The van der Waals surface area contributed by atoms with Gasteiger partial charge < -0.3 is 34.3 Å². The maximum atomic E-state index is 13.2. The van der Waals surface area contributed by atoms with Gasteiger partial charge in [0.15, 0.2) is 5.78 Å². The number of rotatable bonds is 4. The average Bonchev–Trinajstić information content (AvgIpc) is 3.61. The van der Waals surface area contributed by atoms with Crippen molar-refractivity contribution >= 4 is 57.8 Å². The van der Waals surface area contributed by atoms with Crippen LogP contribution in [0.4, 0.5) is 30.2 Å². The molecule has 0 aromatic heterocycles. The molecule has 0 unspecified atom stereocenters. The van der Waals surface area contributed by atoms with Crippen molar-refractivity contribution in [3.8, 4) is 0 Å². The molecule has 1 N–H and O–H groups in total. The molecule has 1 aliphatic heterocycles. The molecule has 252 valence electrons. The average molecular weight is 744 g/mol. The molecule has 0 bridgehead atoms. The molecule has 3 aromatic rings. The molecule has 0 radical (unpaired) electrons. The minimum atomic E-state index is -1.20. The second-order valence-corrected chi connectivity index (χ2v) is 8.50. The molecule has 0 spiro atoms. The fourth-order valence-electron chi connectivity index (χ4n) is 3.05. The summed E-state index contributed by atoms with van der Waals surface area (Å²) in [6.45, 7) is 23.1. The zero-order chi connectivity index (χ0) is 33.2. The number of hydrogen-bond donors (Lipinski definition) is 1. The van der Waals surface area contributed by atoms with E-state index < -0.39 is 29.3 Å². The van der Waals surface area contributed by atoms with Crippen molar-refractivity contribution in [1.29, 1.82) is 0 Å². The predicted molar refractivity (Wildman–Crippen MR) is 173 cm³/mol. The van der Waals surface area contributed by atoms with Gasteiger partial charge in [-0.25, -0.2) is 37.6 Å². The predicted octanol–water partition coefficient (Wildman–Crippen LogP) is 5.17. The number of carbonyl (C=O) groups excluding carboxylic acids is 2. The third-order valence-electron chi connectivity index (χ3n) is 5.49. The quantitative estimate of drug-likeness (QED) is 0.171. The molecule has 3 aromatic carbocycles. The maximum Gasteiger partial charge on any atom is 2.00 e. The Morgan fingerprint density at radius 2 is 1.15 bits per heavy atom. The van der Waals surface area contributed by atoms with Crippen LogP contribution in [0, 0.1) is 44.6 Å². The number of amides is 1. The van der Waals surface area contributed by atoms with Crippen LogP contribution in [0.15, 0.2) is 54.6 Å². The van der Waals surface area contributed by atoms with E-state index in [4.69, 9.17) is 29.6 Å². The molecule has 48 heavy (non-hydrogen) atoms. The van der Waals surface area contributed by atoms with Crippen LogP contribution < -0.4 is 17.0 Å². The number of nitrogens with zero attached hydrogens (tertiary/aromatic N) is 4. The van der Waals surface area contributed by atoms with E-state index >= 15 is 0 Å². The number of carboxylic acids is 1. The van der Waals surface area contributed by atoms with Crippen molar-refractivity contribution in [2.24, 2.45) is 0 Å². The van der Waals surface area contributed by atoms with E-state index in [1.54, 1.807) is 0 Å². The zero-order valence-corrected chi connectivity index (χ0v) is 29.0. The first-order chi connectivity index (χ1) is 20.9. The first kappa shape index (κ1) is 50.6. The molecule has 1 aliphatic rings. The number of hydrogen-bond acceptors (Lipinski definition) is 5. The third-order valence-corrected chi connectivity index (χ3v) is 5.49. The van der Waals surface area contributed by atoms with Crippen LogP contribution in [-0.4, -0.2) is 78.3 Å². The molecule has 0 aliphatic carbocycles. The molecule has 1 amide bonds. The van der Waals surface area contributed by atoms with E-state index in [1.165, 1.54) is 64.3 Å². The second kappa shape index (κ2) is 26.7. The van der Waals surface area contributed by atoms with Crippen molar-refractivity contribution in [3.05, 3.63) is 130 Å². The van der Waals surface area contributed by atoms with Crippen LogP contribution in [0.3, 0.4) is 0 Å². The summed E-state index contributed by atoms with van der Waals surface area (Å²) in [6, 6.07) is 10.7. The van der Waals surface area contributed by atoms with Gasteiger partial charge in [0.05, 0.1) is 32.4 Å². The van der Waals surface area contributed by atoms with Crippen LogP contribution in [-0.2, 0) is 9.57 Å². The topological polar surface area (TPSA) is 106 Å². The van der Waals surface area contributed by atoms with Gasteiger partial charge in [0.2, 0.25) is 17.1 Å². The second-order valence-electron chi connectivity index (χ2n) is 8.50. The van der Waals surface area contributed by atoms with Crippen LogP contribution in [0.1, 0.15) is 58.3 Å². The number of ether oxygens (including phenoxy) is 1. The standard InChI is InChI=1S/C10H9FN2O2.C9H6FNO.C8H4FNO2.C4H8O.CH4.CH3.BrH.Mg/c1-12-9-5-4-7(6-8(9)11)10(14)13(2)15-3;1-6(12)7-3-4-9(11-2)8(10)5-7;1-10-7-3-2-5(8(11)12)4-6(7)9;1-2-4-5-3-1;;;;/h4-6H,2-3H3;3-5H,1H3;2-4H,(H,11,12);1-4H2;1H4;1H3;1H;/q;;;;;-1;;+2/p-1. The Hall–Kier alpha value is -4.30. The van der Waals surface area contributed by atoms with E-state index in [0.717, 1.165) is 42.5 Å². The molecule has 0 saturated carbocycles. The number of halogens is 4. The number of carbonyl (C=O) groups is 3. The number of hydroxylamine groups is 2. The van der Waals surface area contributed by atoms with Crippen molar-refractivity contribution in [1.82, 2.24) is 5.06 Å². The van der Waals surface area contributed by atoms with E-state index in [-0.39, 0.29) is 88.9 Å². The van der Waals surface area contributed by atoms with Gasteiger partial charge in [0.25, 0.3) is 5.91 Å². The number of carboxylic acid groups (broad SMARTS) is 1. The van der Waals surface area contributed by atoms with Crippen LogP contribution in [0.5, 0.6) is 0 Å². The van der Waals surface area contributed by atoms with Crippen molar-refractivity contribution < 1.29 is 59.2 Å². The molecular weight excluding hydrogens is 710 g/mol. The summed E-state index contributed by atoms with van der Waals surface area (Å²) in [6.07, 6.45) is 2.56. The SMILES string of the molecule is C.C1CCOC1.[Br-].[C-]#[N+]c1ccc(C(=O)N(C)OC)cc1F.[C-]#[N+]c1ccc(C(=O)O)cc1F.[C-]#[N+]c1ccc(C(C)=O)cc1F.[CH3-].[Mg+2]. The summed E-state index contributed by atoms with van der Waals surface area (Å²) in [4.78, 5) is 46.0. The Balaban J connectivity index is -0.000000272. The first-order valence-corrected chi connectivity index (χ1v) is 12.5. The fourth-order valence-corrected chi connectivity index (χ4v) is 3.05. The maximum absolute atomic E-state index is 13.2. The normalized spacial score (nSPS) is 9.98. The minimum Gasteiger partial charge on any atom is -1.00 e. The number of aromatic carboxylic acids is 1. The van der Waals surface area contributed by atoms with Gasteiger partial charge in [0, 0.05) is 31.4 Å². The number of benzene rings is 3. The van der Waals surface area contributed by atoms with Crippen LogP contribution in [0.2, 0.25) is 0 Å². The van der Waals surface area contributed by atoms with Crippen LogP contribution in [0.25, 0.3) is 14.5 Å². The molecule has 15 heteroatoms. The summed E-state index contributed by atoms with van der Waals surface area (Å²) in [7, 11) is 2.75. The van der Waals surface area contributed by atoms with Gasteiger partial charge in [0.1, 0.15) is 17.5 Å². The summed E-state index contributed by atoms with van der Waals surface area (Å²) in [5, 5.41) is 9.41. The molecular formula is C33H34BrF3MgN4O6. The Morgan fingerprint density at radius 3 is 1.44 bits per heavy atom. The van der Waals surface area contributed by atoms with Crippen molar-refractivity contribution in [3.63, 3.8) is 0 Å². The van der Waals surface area contributed by atoms with E-state index in [2.05, 4.69) is 19.4 Å². The van der Waals surface area contributed by atoms with Crippen LogP contribution >= 0.6 is 0 Å². The van der Waals surface area contributed by atoms with E-state index in [1.807, 2.05) is 0 Å². The van der Waals surface area contributed by atoms with Gasteiger partial charge in [-0.1, -0.05) is 43.8 Å². The molecule has 10 nitrogen and oxygen atoms in total. The summed E-state index contributed by atoms with van der Waals surface area (Å²) >= 11 is 0. The smallest absolute Gasteiger partial charge is 1.00 e. The first-order valence-electron chi connectivity index (χ1n) is 12.5. The van der Waals surface area contributed by atoms with Crippen molar-refractivity contribution in [2.75, 3.05) is 27.4 Å². The number of ketones is 1. The summed E-state index contributed by atoms with van der Waals surface area (Å²) < 4.78 is 43.7.